The maximum atomic E-state index is 9.79. The van der Waals surface area contributed by atoms with Crippen LogP contribution in [-0.2, 0) is 9.59 Å². The molecule has 0 aromatic heterocycles. The number of aliphatic hydroxyl groups is 1. The van der Waals surface area contributed by atoms with Gasteiger partial charge in [0.05, 0.1) is 6.10 Å². The van der Waals surface area contributed by atoms with Crippen LogP contribution in [-0.4, -0.2) is 44.4 Å². The average molecular weight is 305 g/mol. The Hall–Kier alpha value is -1.44. The highest BCUT2D eigenvalue weighted by atomic mass is 16.4. The molecule has 0 amide bonds. The highest BCUT2D eigenvalue weighted by Gasteiger charge is 2.35. The molecular weight excluding hydrogens is 278 g/mol. The third-order valence-electron chi connectivity index (χ3n) is 3.40. The Bertz CT molecular complexity index is 345. The molecule has 0 spiro atoms. The van der Waals surface area contributed by atoms with E-state index >= 15 is 0 Å². The zero-order valence-corrected chi connectivity index (χ0v) is 12.7. The highest BCUT2D eigenvalue weighted by molar-refractivity contribution is 5.89. The van der Waals surface area contributed by atoms with Gasteiger partial charge in [0.15, 0.2) is 0 Å². The number of rotatable bonds is 3. The number of carboxylic acid groups (broad SMARTS) is 2. The molecule has 124 valence electrons. The van der Waals surface area contributed by atoms with E-state index in [0.29, 0.717) is 18.1 Å². The number of hydrogen-bond acceptors (Lipinski definition) is 4. The van der Waals surface area contributed by atoms with Crippen LogP contribution in [0.25, 0.3) is 0 Å². The Balaban J connectivity index is 0. The summed E-state index contributed by atoms with van der Waals surface area (Å²) in [7, 11) is 0. The molecule has 1 fully saturated rings. The first-order valence-electron chi connectivity index (χ1n) is 6.65. The van der Waals surface area contributed by atoms with Crippen LogP contribution in [0, 0.1) is 11.8 Å². The van der Waals surface area contributed by atoms with Gasteiger partial charge in [-0.2, -0.15) is 0 Å². The second-order valence-electron chi connectivity index (χ2n) is 5.92. The van der Waals surface area contributed by atoms with E-state index in [1.807, 2.05) is 13.8 Å². The summed E-state index contributed by atoms with van der Waals surface area (Å²) in [5.41, 5.74) is 5.76. The van der Waals surface area contributed by atoms with Gasteiger partial charge in [0.1, 0.15) is 0 Å². The number of hydrogen-bond donors (Lipinski definition) is 4. The lowest BCUT2D eigenvalue weighted by Gasteiger charge is -2.39. The van der Waals surface area contributed by atoms with E-state index in [1.165, 1.54) is 6.42 Å². The standard InChI is InChI=1S/C10H21NO.C4H4O4.H2O/c1-7-4-5-8(9(12)6-7)10(2,3)11;5-3(6)1-2-4(7)8;/h7-9,12H,4-6,11H2,1-3H3;1-2H,(H,5,6)(H,7,8);1H2/b;2-1-;/t7-,8-,9-;;/m1../s1. The minimum absolute atomic E-state index is 0. The van der Waals surface area contributed by atoms with Crippen molar-refractivity contribution in [2.24, 2.45) is 17.6 Å². The summed E-state index contributed by atoms with van der Waals surface area (Å²) in [5, 5.41) is 25.4. The Morgan fingerprint density at radius 3 is 1.86 bits per heavy atom. The average Bonchev–Trinajstić information content (AvgIpc) is 2.25. The fourth-order valence-electron chi connectivity index (χ4n) is 2.36. The third kappa shape index (κ3) is 10.0. The van der Waals surface area contributed by atoms with Crippen molar-refractivity contribution >= 4 is 11.9 Å². The number of carboxylic acids is 2. The summed E-state index contributed by atoms with van der Waals surface area (Å²) in [5.74, 6) is -1.56. The maximum Gasteiger partial charge on any atom is 0.328 e. The first-order valence-corrected chi connectivity index (χ1v) is 6.65. The van der Waals surface area contributed by atoms with Crippen LogP contribution in [0.5, 0.6) is 0 Å². The summed E-state index contributed by atoms with van der Waals surface area (Å²) in [6, 6.07) is 0. The van der Waals surface area contributed by atoms with Gasteiger partial charge in [-0.05, 0) is 32.6 Å². The molecule has 1 aliphatic carbocycles. The van der Waals surface area contributed by atoms with Crippen molar-refractivity contribution in [2.45, 2.75) is 51.7 Å². The summed E-state index contributed by atoms with van der Waals surface area (Å²) >= 11 is 0. The Labute approximate surface area is 124 Å². The summed E-state index contributed by atoms with van der Waals surface area (Å²) < 4.78 is 0. The summed E-state index contributed by atoms with van der Waals surface area (Å²) in [4.78, 5) is 19.1. The SMILES string of the molecule is C[C@@H]1CC[C@@H](C(C)(C)N)[C@H](O)C1.O.O=C(O)/C=C\C(=O)O. The van der Waals surface area contributed by atoms with Crippen LogP contribution < -0.4 is 5.73 Å². The molecule has 0 aromatic carbocycles. The molecule has 3 atom stereocenters. The quantitative estimate of drug-likeness (QED) is 0.554. The molecule has 7 heteroatoms. The second kappa shape index (κ2) is 9.49. The van der Waals surface area contributed by atoms with Gasteiger partial charge in [0, 0.05) is 23.6 Å². The number of aliphatic hydroxyl groups excluding tert-OH is 1. The number of nitrogens with two attached hydrogens (primary N) is 1. The first kappa shape index (κ1) is 21.9. The van der Waals surface area contributed by atoms with Crippen molar-refractivity contribution in [3.05, 3.63) is 12.2 Å². The van der Waals surface area contributed by atoms with Gasteiger partial charge in [-0.3, -0.25) is 0 Å². The van der Waals surface area contributed by atoms with Crippen LogP contribution in [0.4, 0.5) is 0 Å². The van der Waals surface area contributed by atoms with Gasteiger partial charge in [-0.1, -0.05) is 13.3 Å². The predicted molar refractivity (Wildman–Crippen MR) is 78.8 cm³/mol. The fraction of sp³-hybridized carbons (Fsp3) is 0.714. The smallest absolute Gasteiger partial charge is 0.328 e. The largest absolute Gasteiger partial charge is 0.478 e. The van der Waals surface area contributed by atoms with Gasteiger partial charge >= 0.3 is 11.9 Å². The normalized spacial score (nSPS) is 25.5. The molecule has 0 aromatic rings. The van der Waals surface area contributed by atoms with Crippen molar-refractivity contribution < 1.29 is 30.4 Å². The van der Waals surface area contributed by atoms with E-state index in [2.05, 4.69) is 6.92 Å². The van der Waals surface area contributed by atoms with Crippen molar-refractivity contribution in [2.75, 3.05) is 0 Å². The van der Waals surface area contributed by atoms with E-state index in [1.54, 1.807) is 0 Å². The van der Waals surface area contributed by atoms with E-state index in [0.717, 1.165) is 12.8 Å². The van der Waals surface area contributed by atoms with E-state index in [-0.39, 0.29) is 23.0 Å². The van der Waals surface area contributed by atoms with Crippen molar-refractivity contribution in [1.82, 2.24) is 0 Å². The van der Waals surface area contributed by atoms with Gasteiger partial charge in [0.2, 0.25) is 0 Å². The molecule has 0 unspecified atom stereocenters. The van der Waals surface area contributed by atoms with Crippen LogP contribution in [0.15, 0.2) is 12.2 Å². The Kier molecular flexibility index (Phi) is 9.87. The number of carbonyl (C=O) groups is 2. The topological polar surface area (TPSA) is 152 Å². The Morgan fingerprint density at radius 2 is 1.57 bits per heavy atom. The molecule has 0 saturated heterocycles. The molecule has 0 bridgehead atoms. The molecule has 0 radical (unpaired) electrons. The number of aliphatic carboxylic acids is 2. The minimum Gasteiger partial charge on any atom is -0.478 e. The zero-order chi connectivity index (χ0) is 15.9. The van der Waals surface area contributed by atoms with Gasteiger partial charge in [-0.25, -0.2) is 9.59 Å². The molecule has 0 heterocycles. The molecular formula is C14H27NO6. The zero-order valence-electron chi connectivity index (χ0n) is 12.7. The van der Waals surface area contributed by atoms with Crippen molar-refractivity contribution in [1.29, 1.82) is 0 Å². The van der Waals surface area contributed by atoms with Crippen LogP contribution in [0.1, 0.15) is 40.0 Å². The molecule has 7 nitrogen and oxygen atoms in total. The van der Waals surface area contributed by atoms with E-state index < -0.39 is 11.9 Å². The highest BCUT2D eigenvalue weighted by Crippen LogP contribution is 2.34. The molecule has 1 aliphatic rings. The predicted octanol–water partition coefficient (Wildman–Crippen LogP) is 0.408. The molecule has 1 saturated carbocycles. The van der Waals surface area contributed by atoms with Crippen molar-refractivity contribution in [3.63, 3.8) is 0 Å². The fourth-order valence-corrected chi connectivity index (χ4v) is 2.36. The lowest BCUT2D eigenvalue weighted by atomic mass is 9.72. The second-order valence-corrected chi connectivity index (χ2v) is 5.92. The summed E-state index contributed by atoms with van der Waals surface area (Å²) in [6.45, 7) is 6.22. The first-order chi connectivity index (χ1) is 9.04. The molecule has 21 heavy (non-hydrogen) atoms. The van der Waals surface area contributed by atoms with E-state index in [9.17, 15) is 14.7 Å². The van der Waals surface area contributed by atoms with Crippen LogP contribution in [0.2, 0.25) is 0 Å². The molecule has 1 rings (SSSR count). The molecule has 0 aliphatic heterocycles. The third-order valence-corrected chi connectivity index (χ3v) is 3.40. The van der Waals surface area contributed by atoms with Gasteiger partial charge in [0.25, 0.3) is 0 Å². The summed E-state index contributed by atoms with van der Waals surface area (Å²) in [6.07, 6.45) is 4.14. The molecule has 7 N–H and O–H groups in total. The maximum absolute atomic E-state index is 9.79. The van der Waals surface area contributed by atoms with Crippen LogP contribution in [0.3, 0.4) is 0 Å². The lowest BCUT2D eigenvalue weighted by Crippen LogP contribution is -2.48. The minimum atomic E-state index is -1.26. The van der Waals surface area contributed by atoms with Gasteiger partial charge in [-0.15, -0.1) is 0 Å². The van der Waals surface area contributed by atoms with Crippen molar-refractivity contribution in [3.8, 4) is 0 Å². The Morgan fingerprint density at radius 1 is 1.14 bits per heavy atom. The van der Waals surface area contributed by atoms with Gasteiger partial charge < -0.3 is 26.5 Å². The lowest BCUT2D eigenvalue weighted by molar-refractivity contribution is -0.134. The van der Waals surface area contributed by atoms with Crippen LogP contribution >= 0.6 is 0 Å². The van der Waals surface area contributed by atoms with E-state index in [4.69, 9.17) is 15.9 Å². The monoisotopic (exact) mass is 305 g/mol.